The molecule has 0 saturated heterocycles. The van der Waals surface area contributed by atoms with Crippen molar-refractivity contribution in [1.82, 2.24) is 0 Å². The molecule has 0 bridgehead atoms. The van der Waals surface area contributed by atoms with Gasteiger partial charge in [0.2, 0.25) is 5.91 Å². The minimum absolute atomic E-state index is 0.109. The van der Waals surface area contributed by atoms with Crippen molar-refractivity contribution in [1.29, 1.82) is 0 Å². The van der Waals surface area contributed by atoms with Crippen molar-refractivity contribution >= 4 is 34.5 Å². The minimum atomic E-state index is -0.428. The Balaban J connectivity index is 2.22. The Morgan fingerprint density at radius 2 is 1.95 bits per heavy atom. The van der Waals surface area contributed by atoms with E-state index in [1.165, 1.54) is 36.5 Å². The third-order valence-corrected chi connectivity index (χ3v) is 3.02. The van der Waals surface area contributed by atoms with E-state index in [0.29, 0.717) is 11.4 Å². The molecule has 0 spiro atoms. The lowest BCUT2D eigenvalue weighted by molar-refractivity contribution is -0.114. The second-order valence-corrected chi connectivity index (χ2v) is 4.66. The van der Waals surface area contributed by atoms with E-state index in [4.69, 9.17) is 0 Å². The number of aromatic hydroxyl groups is 1. The van der Waals surface area contributed by atoms with Gasteiger partial charge < -0.3 is 15.7 Å². The van der Waals surface area contributed by atoms with E-state index < -0.39 is 5.91 Å². The molecule has 1 heterocycles. The standard InChI is InChI=1S/C13H12N2O3S/c1-8(16)14-9-2-3-12(17)11(6-9)13(18)15-10-4-5-19-7-10/h2-7,17H,1H3,(H,14,16)(H,15,18). The van der Waals surface area contributed by atoms with Crippen LogP contribution in [0.3, 0.4) is 0 Å². The molecule has 5 nitrogen and oxygen atoms in total. The number of anilines is 2. The van der Waals surface area contributed by atoms with E-state index >= 15 is 0 Å². The Labute approximate surface area is 113 Å². The van der Waals surface area contributed by atoms with Gasteiger partial charge in [0, 0.05) is 18.0 Å². The van der Waals surface area contributed by atoms with Gasteiger partial charge in [0.25, 0.3) is 5.91 Å². The molecule has 1 aromatic carbocycles. The van der Waals surface area contributed by atoms with Crippen molar-refractivity contribution in [3.63, 3.8) is 0 Å². The van der Waals surface area contributed by atoms with Gasteiger partial charge in [-0.1, -0.05) is 0 Å². The second kappa shape index (κ2) is 5.53. The van der Waals surface area contributed by atoms with E-state index in [-0.39, 0.29) is 17.2 Å². The summed E-state index contributed by atoms with van der Waals surface area (Å²) in [6.07, 6.45) is 0. The first-order chi connectivity index (χ1) is 9.06. The van der Waals surface area contributed by atoms with Gasteiger partial charge >= 0.3 is 0 Å². The highest BCUT2D eigenvalue weighted by molar-refractivity contribution is 7.08. The number of hydrogen-bond donors (Lipinski definition) is 3. The Hall–Kier alpha value is -2.34. The summed E-state index contributed by atoms with van der Waals surface area (Å²) in [5.41, 5.74) is 1.23. The number of phenols is 1. The van der Waals surface area contributed by atoms with Crippen LogP contribution in [0.1, 0.15) is 17.3 Å². The average Bonchev–Trinajstić information content (AvgIpc) is 2.83. The van der Waals surface area contributed by atoms with Gasteiger partial charge in [-0.3, -0.25) is 9.59 Å². The van der Waals surface area contributed by atoms with E-state index in [9.17, 15) is 14.7 Å². The third kappa shape index (κ3) is 3.32. The molecule has 0 unspecified atom stereocenters. The Morgan fingerprint density at radius 1 is 1.16 bits per heavy atom. The summed E-state index contributed by atoms with van der Waals surface area (Å²) >= 11 is 1.46. The van der Waals surface area contributed by atoms with Crippen LogP contribution in [-0.4, -0.2) is 16.9 Å². The Bertz CT molecular complexity index is 608. The van der Waals surface area contributed by atoms with Crippen LogP contribution in [0.4, 0.5) is 11.4 Å². The zero-order valence-corrected chi connectivity index (χ0v) is 11.0. The number of nitrogens with one attached hydrogen (secondary N) is 2. The van der Waals surface area contributed by atoms with Crippen molar-refractivity contribution in [3.8, 4) is 5.75 Å². The fourth-order valence-electron chi connectivity index (χ4n) is 1.53. The summed E-state index contributed by atoms with van der Waals surface area (Å²) in [7, 11) is 0. The fraction of sp³-hybridized carbons (Fsp3) is 0.0769. The van der Waals surface area contributed by atoms with Crippen LogP contribution in [-0.2, 0) is 4.79 Å². The van der Waals surface area contributed by atoms with Crippen LogP contribution in [0, 0.1) is 0 Å². The monoisotopic (exact) mass is 276 g/mol. The first-order valence-electron chi connectivity index (χ1n) is 5.50. The smallest absolute Gasteiger partial charge is 0.259 e. The predicted octanol–water partition coefficient (Wildman–Crippen LogP) is 2.66. The molecule has 0 aliphatic rings. The van der Waals surface area contributed by atoms with Crippen molar-refractivity contribution in [2.75, 3.05) is 10.6 Å². The maximum absolute atomic E-state index is 12.0. The lowest BCUT2D eigenvalue weighted by Crippen LogP contribution is -2.13. The quantitative estimate of drug-likeness (QED) is 0.754. The molecule has 0 aliphatic heterocycles. The summed E-state index contributed by atoms with van der Waals surface area (Å²) in [5, 5.41) is 18.5. The highest BCUT2D eigenvalue weighted by Crippen LogP contribution is 2.23. The average molecular weight is 276 g/mol. The summed E-state index contributed by atoms with van der Waals surface area (Å²) < 4.78 is 0. The zero-order valence-electron chi connectivity index (χ0n) is 10.1. The van der Waals surface area contributed by atoms with Crippen LogP contribution in [0.25, 0.3) is 0 Å². The topological polar surface area (TPSA) is 78.4 Å². The van der Waals surface area contributed by atoms with Gasteiger partial charge in [-0.2, -0.15) is 11.3 Å². The number of benzene rings is 1. The molecule has 2 rings (SSSR count). The molecule has 0 radical (unpaired) electrons. The first kappa shape index (κ1) is 13.1. The van der Waals surface area contributed by atoms with Gasteiger partial charge in [0.05, 0.1) is 11.3 Å². The molecule has 6 heteroatoms. The molecule has 19 heavy (non-hydrogen) atoms. The van der Waals surface area contributed by atoms with Crippen LogP contribution < -0.4 is 10.6 Å². The number of phenolic OH excluding ortho intramolecular Hbond substituents is 1. The summed E-state index contributed by atoms with van der Waals surface area (Å²) in [6, 6.07) is 6.08. The number of carbonyl (C=O) groups excluding carboxylic acids is 2. The molecule has 0 fully saturated rings. The van der Waals surface area contributed by atoms with Gasteiger partial charge in [0.1, 0.15) is 5.75 Å². The van der Waals surface area contributed by atoms with Crippen molar-refractivity contribution in [2.45, 2.75) is 6.92 Å². The van der Waals surface area contributed by atoms with Gasteiger partial charge in [-0.25, -0.2) is 0 Å². The number of amides is 2. The number of hydrogen-bond acceptors (Lipinski definition) is 4. The lowest BCUT2D eigenvalue weighted by Gasteiger charge is -2.08. The number of thiophene rings is 1. The van der Waals surface area contributed by atoms with Gasteiger partial charge in [0.15, 0.2) is 0 Å². The lowest BCUT2D eigenvalue weighted by atomic mass is 10.1. The number of rotatable bonds is 3. The van der Waals surface area contributed by atoms with E-state index in [1.54, 1.807) is 11.4 Å². The van der Waals surface area contributed by atoms with E-state index in [2.05, 4.69) is 10.6 Å². The van der Waals surface area contributed by atoms with Crippen molar-refractivity contribution < 1.29 is 14.7 Å². The zero-order chi connectivity index (χ0) is 13.8. The van der Waals surface area contributed by atoms with E-state index in [1.807, 2.05) is 5.38 Å². The Kier molecular flexibility index (Phi) is 3.82. The maximum Gasteiger partial charge on any atom is 0.259 e. The van der Waals surface area contributed by atoms with Crippen molar-refractivity contribution in [3.05, 3.63) is 40.6 Å². The molecule has 3 N–H and O–H groups in total. The molecule has 0 saturated carbocycles. The molecule has 0 aliphatic carbocycles. The fourth-order valence-corrected chi connectivity index (χ4v) is 2.12. The molecular formula is C13H12N2O3S. The van der Waals surface area contributed by atoms with Crippen molar-refractivity contribution in [2.24, 2.45) is 0 Å². The van der Waals surface area contributed by atoms with Gasteiger partial charge in [-0.05, 0) is 29.6 Å². The SMILES string of the molecule is CC(=O)Nc1ccc(O)c(C(=O)Nc2ccsc2)c1. The van der Waals surface area contributed by atoms with Crippen LogP contribution >= 0.6 is 11.3 Å². The normalized spacial score (nSPS) is 9.95. The highest BCUT2D eigenvalue weighted by Gasteiger charge is 2.12. The molecule has 98 valence electrons. The molecule has 1 aromatic heterocycles. The first-order valence-corrected chi connectivity index (χ1v) is 6.44. The highest BCUT2D eigenvalue weighted by atomic mass is 32.1. The van der Waals surface area contributed by atoms with Crippen LogP contribution in [0.5, 0.6) is 5.75 Å². The van der Waals surface area contributed by atoms with E-state index in [0.717, 1.165) is 0 Å². The third-order valence-electron chi connectivity index (χ3n) is 2.34. The predicted molar refractivity (Wildman–Crippen MR) is 74.7 cm³/mol. The maximum atomic E-state index is 12.0. The van der Waals surface area contributed by atoms with Crippen LogP contribution in [0.15, 0.2) is 35.0 Å². The summed E-state index contributed by atoms with van der Waals surface area (Å²) in [4.78, 5) is 23.0. The van der Waals surface area contributed by atoms with Crippen LogP contribution in [0.2, 0.25) is 0 Å². The minimum Gasteiger partial charge on any atom is -0.507 e. The Morgan fingerprint density at radius 3 is 2.58 bits per heavy atom. The second-order valence-electron chi connectivity index (χ2n) is 3.88. The number of carbonyl (C=O) groups is 2. The molecule has 2 aromatic rings. The summed E-state index contributed by atoms with van der Waals surface area (Å²) in [6.45, 7) is 1.37. The molecule has 2 amide bonds. The molecular weight excluding hydrogens is 264 g/mol. The molecule has 0 atom stereocenters. The summed E-state index contributed by atoms with van der Waals surface area (Å²) in [5.74, 6) is -0.806. The van der Waals surface area contributed by atoms with Gasteiger partial charge in [-0.15, -0.1) is 0 Å². The largest absolute Gasteiger partial charge is 0.507 e.